The first-order valence-electron chi connectivity index (χ1n) is 13.9. The second kappa shape index (κ2) is 12.4. The van der Waals surface area contributed by atoms with Gasteiger partial charge in [-0.3, -0.25) is 19.5 Å². The minimum absolute atomic E-state index is 0.218. The monoisotopic (exact) mass is 585 g/mol. The van der Waals surface area contributed by atoms with Gasteiger partial charge in [0.1, 0.15) is 6.04 Å². The van der Waals surface area contributed by atoms with Gasteiger partial charge in [-0.2, -0.15) is 5.10 Å². The topological polar surface area (TPSA) is 127 Å². The molecule has 42 heavy (non-hydrogen) atoms. The van der Waals surface area contributed by atoms with Gasteiger partial charge in [-0.15, -0.1) is 11.8 Å². The van der Waals surface area contributed by atoms with Crippen LogP contribution in [0.4, 0.5) is 0 Å². The van der Waals surface area contributed by atoms with E-state index in [0.717, 1.165) is 16.7 Å². The molecule has 1 saturated heterocycles. The Bertz CT molecular complexity index is 1590. The van der Waals surface area contributed by atoms with Crippen molar-refractivity contribution in [3.63, 3.8) is 0 Å². The summed E-state index contributed by atoms with van der Waals surface area (Å²) in [4.78, 5) is 42.3. The number of hydrogen-bond donors (Lipinski definition) is 4. The minimum atomic E-state index is -1.58. The second-order valence-electron chi connectivity index (χ2n) is 11.1. The van der Waals surface area contributed by atoms with Crippen molar-refractivity contribution in [2.45, 2.75) is 56.7 Å². The van der Waals surface area contributed by atoms with Gasteiger partial charge >= 0.3 is 0 Å². The number of amides is 3. The molecule has 0 saturated carbocycles. The van der Waals surface area contributed by atoms with Crippen molar-refractivity contribution in [1.29, 1.82) is 0 Å². The number of nitrogens with zero attached hydrogens (tertiary/aromatic N) is 2. The number of H-pyrrole nitrogens is 1. The highest BCUT2D eigenvalue weighted by atomic mass is 32.2. The molecule has 3 unspecified atom stereocenters. The van der Waals surface area contributed by atoms with Gasteiger partial charge in [0.25, 0.3) is 11.8 Å². The van der Waals surface area contributed by atoms with Crippen LogP contribution in [0.2, 0.25) is 0 Å². The molecule has 2 heterocycles. The smallest absolute Gasteiger partial charge is 0.254 e. The molecule has 0 spiro atoms. The maximum atomic E-state index is 13.9. The molecule has 1 aliphatic rings. The molecule has 3 amide bonds. The SMILES string of the molecule is Cc1ccccc1CNC(=O)C1N(C(=O)C(O)C(Cc2ccccc2)NC(=O)c2cccc3[nH]ncc23)CSC1(C)C. The Morgan fingerprint density at radius 1 is 1.07 bits per heavy atom. The number of aromatic amines is 1. The van der Waals surface area contributed by atoms with Crippen LogP contribution in [-0.2, 0) is 22.6 Å². The van der Waals surface area contributed by atoms with Crippen LogP contribution in [-0.4, -0.2) is 66.7 Å². The van der Waals surface area contributed by atoms with E-state index in [4.69, 9.17) is 0 Å². The molecule has 5 rings (SSSR count). The zero-order chi connectivity index (χ0) is 29.9. The van der Waals surface area contributed by atoms with Crippen LogP contribution in [0.25, 0.3) is 10.9 Å². The maximum absolute atomic E-state index is 13.9. The molecule has 218 valence electrons. The van der Waals surface area contributed by atoms with E-state index in [1.165, 1.54) is 16.7 Å². The quantitative estimate of drug-likeness (QED) is 0.238. The molecule has 0 radical (unpaired) electrons. The lowest BCUT2D eigenvalue weighted by atomic mass is 9.96. The first kappa shape index (κ1) is 29.3. The molecular weight excluding hydrogens is 550 g/mol. The van der Waals surface area contributed by atoms with Crippen LogP contribution in [0.1, 0.15) is 40.9 Å². The summed E-state index contributed by atoms with van der Waals surface area (Å²) in [5.74, 6) is -1.08. The van der Waals surface area contributed by atoms with Crippen molar-refractivity contribution in [3.8, 4) is 0 Å². The third kappa shape index (κ3) is 6.19. The van der Waals surface area contributed by atoms with Gasteiger partial charge < -0.3 is 20.6 Å². The molecule has 0 bridgehead atoms. The number of aliphatic hydroxyl groups is 1. The van der Waals surface area contributed by atoms with E-state index in [2.05, 4.69) is 20.8 Å². The molecule has 4 aromatic rings. The lowest BCUT2D eigenvalue weighted by Crippen LogP contribution is -2.58. The summed E-state index contributed by atoms with van der Waals surface area (Å²) in [5.41, 5.74) is 3.98. The number of benzene rings is 3. The summed E-state index contributed by atoms with van der Waals surface area (Å²) in [6.07, 6.45) is 0.204. The normalized spacial score (nSPS) is 17.5. The highest BCUT2D eigenvalue weighted by molar-refractivity contribution is 8.00. The van der Waals surface area contributed by atoms with Crippen molar-refractivity contribution in [2.24, 2.45) is 0 Å². The first-order valence-corrected chi connectivity index (χ1v) is 14.9. The molecule has 1 aromatic heterocycles. The van der Waals surface area contributed by atoms with Gasteiger partial charge in [0.2, 0.25) is 5.91 Å². The number of aromatic nitrogens is 2. The van der Waals surface area contributed by atoms with E-state index < -0.39 is 34.7 Å². The average Bonchev–Trinajstić information content (AvgIpc) is 3.59. The Labute approximate surface area is 249 Å². The lowest BCUT2D eigenvalue weighted by molar-refractivity contribution is -0.147. The fourth-order valence-corrected chi connectivity index (χ4v) is 6.50. The van der Waals surface area contributed by atoms with Crippen LogP contribution in [0.15, 0.2) is 79.0 Å². The third-order valence-electron chi connectivity index (χ3n) is 7.77. The van der Waals surface area contributed by atoms with Crippen molar-refractivity contribution in [1.82, 2.24) is 25.7 Å². The Morgan fingerprint density at radius 2 is 1.81 bits per heavy atom. The van der Waals surface area contributed by atoms with Crippen molar-refractivity contribution >= 4 is 40.4 Å². The van der Waals surface area contributed by atoms with Gasteiger partial charge in [0.05, 0.1) is 29.2 Å². The van der Waals surface area contributed by atoms with E-state index in [1.807, 2.05) is 81.4 Å². The Kier molecular flexibility index (Phi) is 8.65. The van der Waals surface area contributed by atoms with Gasteiger partial charge in [-0.1, -0.05) is 60.7 Å². The predicted molar refractivity (Wildman–Crippen MR) is 164 cm³/mol. The van der Waals surface area contributed by atoms with Crippen molar-refractivity contribution in [2.75, 3.05) is 5.88 Å². The largest absolute Gasteiger partial charge is 0.381 e. The Hall–Kier alpha value is -4.15. The Balaban J connectivity index is 1.37. The predicted octanol–water partition coefficient (Wildman–Crippen LogP) is 3.57. The van der Waals surface area contributed by atoms with Crippen LogP contribution < -0.4 is 10.6 Å². The van der Waals surface area contributed by atoms with Gasteiger partial charge in [0, 0.05) is 16.7 Å². The van der Waals surface area contributed by atoms with Crippen LogP contribution in [0.3, 0.4) is 0 Å². The number of fused-ring (bicyclic) bond motifs is 1. The number of carbonyl (C=O) groups is 3. The van der Waals surface area contributed by atoms with E-state index in [1.54, 1.807) is 18.3 Å². The zero-order valence-corrected chi connectivity index (χ0v) is 24.7. The van der Waals surface area contributed by atoms with Crippen molar-refractivity contribution < 1.29 is 19.5 Å². The van der Waals surface area contributed by atoms with Gasteiger partial charge in [-0.05, 0) is 56.0 Å². The number of hydrogen-bond acceptors (Lipinski definition) is 6. The highest BCUT2D eigenvalue weighted by Crippen LogP contribution is 2.40. The molecule has 3 atom stereocenters. The summed E-state index contributed by atoms with van der Waals surface area (Å²) in [7, 11) is 0. The van der Waals surface area contributed by atoms with E-state index in [9.17, 15) is 19.5 Å². The summed E-state index contributed by atoms with van der Waals surface area (Å²) < 4.78 is -0.583. The molecule has 4 N–H and O–H groups in total. The number of carbonyl (C=O) groups excluding carboxylic acids is 3. The summed E-state index contributed by atoms with van der Waals surface area (Å²) in [6.45, 7) is 6.16. The number of aryl methyl sites for hydroxylation is 1. The summed E-state index contributed by atoms with van der Waals surface area (Å²) >= 11 is 1.48. The Morgan fingerprint density at radius 3 is 2.57 bits per heavy atom. The van der Waals surface area contributed by atoms with Gasteiger partial charge in [-0.25, -0.2) is 0 Å². The summed E-state index contributed by atoms with van der Waals surface area (Å²) in [6, 6.07) is 20.7. The number of nitrogens with one attached hydrogen (secondary N) is 3. The maximum Gasteiger partial charge on any atom is 0.254 e. The van der Waals surface area contributed by atoms with E-state index in [0.29, 0.717) is 23.0 Å². The summed E-state index contributed by atoms with van der Waals surface area (Å²) in [5, 5.41) is 24.9. The lowest BCUT2D eigenvalue weighted by Gasteiger charge is -2.33. The number of aliphatic hydroxyl groups excluding tert-OH is 1. The molecule has 1 fully saturated rings. The zero-order valence-electron chi connectivity index (χ0n) is 23.8. The second-order valence-corrected chi connectivity index (χ2v) is 12.7. The van der Waals surface area contributed by atoms with Crippen LogP contribution in [0, 0.1) is 6.92 Å². The molecule has 10 heteroatoms. The molecule has 9 nitrogen and oxygen atoms in total. The minimum Gasteiger partial charge on any atom is -0.381 e. The molecular formula is C32H35N5O4S. The van der Waals surface area contributed by atoms with E-state index in [-0.39, 0.29) is 18.2 Å². The van der Waals surface area contributed by atoms with Gasteiger partial charge in [0.15, 0.2) is 6.10 Å². The molecule has 0 aliphatic carbocycles. The fourth-order valence-electron chi connectivity index (χ4n) is 5.36. The molecule has 1 aliphatic heterocycles. The first-order chi connectivity index (χ1) is 20.2. The standard InChI is InChI=1S/C32H35N5O4S/c1-20-10-7-8-13-22(20)17-33-30(40)28-32(2,3)42-19-37(28)31(41)27(38)26(16-21-11-5-4-6-12-21)35-29(39)23-14-9-15-25-24(23)18-34-36-25/h4-15,18,26-28,38H,16-17,19H2,1-3H3,(H,33,40)(H,34,36)(H,35,39). The molecule has 3 aromatic carbocycles. The van der Waals surface area contributed by atoms with E-state index >= 15 is 0 Å². The highest BCUT2D eigenvalue weighted by Gasteiger charge is 2.49. The average molecular weight is 586 g/mol. The fraction of sp³-hybridized carbons (Fsp3) is 0.312. The van der Waals surface area contributed by atoms with Crippen LogP contribution >= 0.6 is 11.8 Å². The number of rotatable bonds is 9. The van der Waals surface area contributed by atoms with Crippen LogP contribution in [0.5, 0.6) is 0 Å². The number of thioether (sulfide) groups is 1. The van der Waals surface area contributed by atoms with Crippen molar-refractivity contribution in [3.05, 3.63) is 101 Å². The third-order valence-corrected chi connectivity index (χ3v) is 9.14.